The number of hydrazone groups is 1. The zero-order chi connectivity index (χ0) is 25.3. The van der Waals surface area contributed by atoms with Crippen molar-refractivity contribution in [2.24, 2.45) is 5.10 Å². The van der Waals surface area contributed by atoms with E-state index in [9.17, 15) is 4.79 Å². The molecule has 2 saturated heterocycles. The normalized spacial score (nSPS) is 21.6. The second-order valence-corrected chi connectivity index (χ2v) is 9.80. The third kappa shape index (κ3) is 4.85. The molecule has 192 valence electrons. The van der Waals surface area contributed by atoms with Crippen LogP contribution in [0.3, 0.4) is 0 Å². The van der Waals surface area contributed by atoms with Crippen LogP contribution < -0.4 is 9.47 Å². The molecule has 0 radical (unpaired) electrons. The van der Waals surface area contributed by atoms with Crippen molar-refractivity contribution in [3.8, 4) is 11.5 Å². The molecule has 0 unspecified atom stereocenters. The van der Waals surface area contributed by atoms with Gasteiger partial charge in [-0.3, -0.25) is 9.69 Å². The molecule has 3 aliphatic rings. The maximum atomic E-state index is 13.7. The van der Waals surface area contributed by atoms with E-state index >= 15 is 0 Å². The van der Waals surface area contributed by atoms with Crippen molar-refractivity contribution in [1.82, 2.24) is 9.91 Å². The van der Waals surface area contributed by atoms with E-state index in [-0.39, 0.29) is 11.9 Å². The lowest BCUT2D eigenvalue weighted by atomic mass is 9.96. The predicted octanol–water partition coefficient (Wildman–Crippen LogP) is 3.84. The van der Waals surface area contributed by atoms with Crippen LogP contribution in [0.1, 0.15) is 47.6 Å². The van der Waals surface area contributed by atoms with Crippen LogP contribution >= 0.6 is 0 Å². The van der Waals surface area contributed by atoms with Gasteiger partial charge in [-0.25, -0.2) is 5.01 Å². The smallest absolute Gasteiger partial charge is 0.257 e. The van der Waals surface area contributed by atoms with Gasteiger partial charge in [-0.2, -0.15) is 5.10 Å². The van der Waals surface area contributed by atoms with Gasteiger partial charge in [0.05, 0.1) is 45.7 Å². The Kier molecular flexibility index (Phi) is 7.01. The van der Waals surface area contributed by atoms with Crippen molar-refractivity contribution >= 4 is 11.6 Å². The molecule has 1 amide bonds. The highest BCUT2D eigenvalue weighted by atomic mass is 16.7. The minimum atomic E-state index is -0.458. The summed E-state index contributed by atoms with van der Waals surface area (Å²) >= 11 is 0. The minimum absolute atomic E-state index is 0.0269. The summed E-state index contributed by atoms with van der Waals surface area (Å²) < 4.78 is 22.8. The van der Waals surface area contributed by atoms with Crippen molar-refractivity contribution in [3.05, 3.63) is 58.7 Å². The van der Waals surface area contributed by atoms with Gasteiger partial charge in [0.15, 0.2) is 5.79 Å². The number of aryl methyl sites for hydroxylation is 2. The Hall–Kier alpha value is -2.94. The molecule has 0 saturated carbocycles. The van der Waals surface area contributed by atoms with Crippen LogP contribution in [0.2, 0.25) is 0 Å². The summed E-state index contributed by atoms with van der Waals surface area (Å²) in [6.45, 7) is 7.30. The van der Waals surface area contributed by atoms with Gasteiger partial charge >= 0.3 is 0 Å². The van der Waals surface area contributed by atoms with Crippen LogP contribution in [0.25, 0.3) is 0 Å². The quantitative estimate of drug-likeness (QED) is 0.609. The van der Waals surface area contributed by atoms with Crippen LogP contribution in [0.5, 0.6) is 11.5 Å². The van der Waals surface area contributed by atoms with Gasteiger partial charge in [-0.05, 0) is 48.7 Å². The lowest BCUT2D eigenvalue weighted by Gasteiger charge is -2.37. The molecule has 5 rings (SSSR count). The molecule has 3 heterocycles. The van der Waals surface area contributed by atoms with Gasteiger partial charge in [0, 0.05) is 44.0 Å². The Morgan fingerprint density at radius 3 is 2.44 bits per heavy atom. The fraction of sp³-hybridized carbons (Fsp3) is 0.500. The highest BCUT2D eigenvalue weighted by Gasteiger charge is 2.41. The van der Waals surface area contributed by atoms with E-state index < -0.39 is 5.79 Å². The second kappa shape index (κ2) is 10.2. The van der Waals surface area contributed by atoms with E-state index in [0.29, 0.717) is 37.7 Å². The number of likely N-dealkylation sites (tertiary alicyclic amines) is 1. The zero-order valence-electron chi connectivity index (χ0n) is 21.6. The average molecular weight is 494 g/mol. The number of benzene rings is 2. The summed E-state index contributed by atoms with van der Waals surface area (Å²) in [6.07, 6.45) is 2.15. The fourth-order valence-corrected chi connectivity index (χ4v) is 5.27. The first-order chi connectivity index (χ1) is 17.4. The molecule has 8 heteroatoms. The van der Waals surface area contributed by atoms with Crippen molar-refractivity contribution in [2.45, 2.75) is 44.9 Å². The highest BCUT2D eigenvalue weighted by molar-refractivity contribution is 6.03. The van der Waals surface area contributed by atoms with E-state index in [1.807, 2.05) is 18.2 Å². The summed E-state index contributed by atoms with van der Waals surface area (Å²) in [6, 6.07) is 11.8. The standard InChI is InChI=1S/C28H35N3O5/c1-19-5-6-21(15-20(19)2)24-17-25(23-8-7-22(33-3)16-26(23)34-4)31(29-24)27(32)18-30-11-9-28(10-12-30)35-13-14-36-28/h5-8,15-16,25H,9-14,17-18H2,1-4H3/t25-/m0/s1. The second-order valence-electron chi connectivity index (χ2n) is 9.80. The van der Waals surface area contributed by atoms with E-state index in [1.54, 1.807) is 19.2 Å². The number of carbonyl (C=O) groups excluding carboxylic acids is 1. The van der Waals surface area contributed by atoms with Crippen LogP contribution in [0.4, 0.5) is 0 Å². The van der Waals surface area contributed by atoms with Gasteiger partial charge < -0.3 is 18.9 Å². The minimum Gasteiger partial charge on any atom is -0.497 e. The molecular weight excluding hydrogens is 458 g/mol. The van der Waals surface area contributed by atoms with Crippen LogP contribution in [-0.4, -0.2) is 74.4 Å². The number of carbonyl (C=O) groups is 1. The summed E-state index contributed by atoms with van der Waals surface area (Å²) in [4.78, 5) is 15.9. The highest BCUT2D eigenvalue weighted by Crippen LogP contribution is 2.39. The monoisotopic (exact) mass is 493 g/mol. The number of ether oxygens (including phenoxy) is 4. The van der Waals surface area contributed by atoms with Crippen molar-refractivity contribution < 1.29 is 23.7 Å². The SMILES string of the molecule is COc1ccc([C@@H]2CC(c3ccc(C)c(C)c3)=NN2C(=O)CN2CCC3(CC2)OCCO3)c(OC)c1. The maximum absolute atomic E-state index is 13.7. The van der Waals surface area contributed by atoms with Crippen molar-refractivity contribution in [1.29, 1.82) is 0 Å². The van der Waals surface area contributed by atoms with Gasteiger partial charge in [0.25, 0.3) is 5.91 Å². The van der Waals surface area contributed by atoms with Gasteiger partial charge in [-0.1, -0.05) is 12.1 Å². The Labute approximate surface area is 212 Å². The fourth-order valence-electron chi connectivity index (χ4n) is 5.27. The molecule has 0 aliphatic carbocycles. The van der Waals surface area contributed by atoms with Crippen molar-refractivity contribution in [3.63, 3.8) is 0 Å². The molecule has 36 heavy (non-hydrogen) atoms. The number of amides is 1. The molecule has 2 aromatic carbocycles. The van der Waals surface area contributed by atoms with Gasteiger partial charge in [0.1, 0.15) is 11.5 Å². The number of piperidine rings is 1. The molecule has 1 atom stereocenters. The van der Waals surface area contributed by atoms with E-state index in [2.05, 4.69) is 36.9 Å². The van der Waals surface area contributed by atoms with E-state index in [4.69, 9.17) is 24.0 Å². The summed E-state index contributed by atoms with van der Waals surface area (Å²) in [7, 11) is 3.27. The Morgan fingerprint density at radius 2 is 1.78 bits per heavy atom. The molecule has 0 aromatic heterocycles. The zero-order valence-corrected chi connectivity index (χ0v) is 21.6. The maximum Gasteiger partial charge on any atom is 0.257 e. The molecule has 2 fully saturated rings. The average Bonchev–Trinajstić information content (AvgIpc) is 3.54. The predicted molar refractivity (Wildman–Crippen MR) is 137 cm³/mol. The molecule has 0 bridgehead atoms. The lowest BCUT2D eigenvalue weighted by molar-refractivity contribution is -0.186. The number of methoxy groups -OCH3 is 2. The topological polar surface area (TPSA) is 72.8 Å². The van der Waals surface area contributed by atoms with E-state index in [1.165, 1.54) is 11.1 Å². The largest absolute Gasteiger partial charge is 0.497 e. The molecule has 2 aromatic rings. The molecule has 8 nitrogen and oxygen atoms in total. The first-order valence-electron chi connectivity index (χ1n) is 12.6. The summed E-state index contributed by atoms with van der Waals surface area (Å²) in [5.41, 5.74) is 5.30. The summed E-state index contributed by atoms with van der Waals surface area (Å²) in [5.74, 6) is 0.909. The van der Waals surface area contributed by atoms with Crippen LogP contribution in [-0.2, 0) is 14.3 Å². The lowest BCUT2D eigenvalue weighted by Crippen LogP contribution is -2.48. The third-order valence-electron chi connectivity index (χ3n) is 7.60. The Morgan fingerprint density at radius 1 is 1.03 bits per heavy atom. The molecule has 3 aliphatic heterocycles. The molecular formula is C28H35N3O5. The van der Waals surface area contributed by atoms with Gasteiger partial charge in [-0.15, -0.1) is 0 Å². The first kappa shape index (κ1) is 24.7. The van der Waals surface area contributed by atoms with Gasteiger partial charge in [0.2, 0.25) is 0 Å². The van der Waals surface area contributed by atoms with Crippen molar-refractivity contribution in [2.75, 3.05) is 47.1 Å². The van der Waals surface area contributed by atoms with Crippen LogP contribution in [0.15, 0.2) is 41.5 Å². The van der Waals surface area contributed by atoms with E-state index in [0.717, 1.165) is 42.8 Å². The molecule has 0 N–H and O–H groups in total. The Balaban J connectivity index is 1.40. The number of hydrogen-bond donors (Lipinski definition) is 0. The van der Waals surface area contributed by atoms with Crippen LogP contribution in [0, 0.1) is 13.8 Å². The molecule has 1 spiro atoms. The first-order valence-corrected chi connectivity index (χ1v) is 12.6. The summed E-state index contributed by atoms with van der Waals surface area (Å²) in [5, 5.41) is 6.53. The Bertz CT molecular complexity index is 1150. The number of rotatable bonds is 6. The third-order valence-corrected chi connectivity index (χ3v) is 7.60. The number of hydrogen-bond acceptors (Lipinski definition) is 7. The number of nitrogens with zero attached hydrogens (tertiary/aromatic N) is 3.